The van der Waals surface area contributed by atoms with Crippen molar-refractivity contribution in [2.75, 3.05) is 23.9 Å². The average Bonchev–Trinajstić information content (AvgIpc) is 3.67. The molecule has 3 heterocycles. The molecule has 1 N–H and O–H groups in total. The van der Waals surface area contributed by atoms with E-state index in [1.54, 1.807) is 64.4 Å². The van der Waals surface area contributed by atoms with Crippen LogP contribution in [0.25, 0.3) is 26.9 Å². The maximum absolute atomic E-state index is 14.7. The molecule has 6 aromatic rings. The third-order valence-corrected chi connectivity index (χ3v) is 11.7. The summed E-state index contributed by atoms with van der Waals surface area (Å²) in [6.07, 6.45) is 1.72. The lowest BCUT2D eigenvalue weighted by Gasteiger charge is -2.25. The number of hydrogen-bond donors (Lipinski definition) is 1. The van der Waals surface area contributed by atoms with Gasteiger partial charge >= 0.3 is 6.09 Å². The molecular formula is C36H36ClF2N7O6S3. The van der Waals surface area contributed by atoms with Gasteiger partial charge in [0.25, 0.3) is 5.56 Å². The molecule has 0 spiro atoms. The molecule has 19 heteroatoms. The molecule has 0 aliphatic heterocycles. The predicted octanol–water partition coefficient (Wildman–Crippen LogP) is 7.17. The van der Waals surface area contributed by atoms with Gasteiger partial charge in [0.15, 0.2) is 15.8 Å². The minimum absolute atomic E-state index is 0.00701. The Morgan fingerprint density at radius 3 is 2.35 bits per heavy atom. The van der Waals surface area contributed by atoms with Gasteiger partial charge in [0, 0.05) is 19.5 Å². The fourth-order valence-electron chi connectivity index (χ4n) is 5.99. The maximum atomic E-state index is 14.7. The standard InChI is InChI=1S/C36H36ClF2N7O6S3/c1-36(2,3)52-34(48)40-25(16-20-14-21(38)17-22(39)15-20)31-41-30-29(54-35(42-30)53-6)33(47)46(31)26-13-12-24(37)27-28(26)44(4)43-32(27)45(55(7,49)50)18-19-8-10-23(51-5)11-9-19/h8-15,17,25H,16,18H2,1-7H3,(H,40,48)/t25-/m0/s1. The zero-order valence-corrected chi connectivity index (χ0v) is 33.9. The maximum Gasteiger partial charge on any atom is 0.408 e. The third kappa shape index (κ3) is 8.56. The molecule has 0 saturated heterocycles. The first-order chi connectivity index (χ1) is 25.9. The van der Waals surface area contributed by atoms with E-state index in [0.29, 0.717) is 15.7 Å². The van der Waals surface area contributed by atoms with Gasteiger partial charge in [0.2, 0.25) is 10.0 Å². The van der Waals surface area contributed by atoms with Crippen LogP contribution in [-0.4, -0.2) is 64.0 Å². The van der Waals surface area contributed by atoms with Gasteiger partial charge in [-0.1, -0.05) is 35.5 Å². The summed E-state index contributed by atoms with van der Waals surface area (Å²) in [5, 5.41) is 7.72. The van der Waals surface area contributed by atoms with Gasteiger partial charge < -0.3 is 14.8 Å². The first kappa shape index (κ1) is 39.9. The molecule has 6 rings (SSSR count). The molecule has 13 nitrogen and oxygen atoms in total. The van der Waals surface area contributed by atoms with Crippen LogP contribution in [0.2, 0.25) is 5.02 Å². The van der Waals surface area contributed by atoms with Gasteiger partial charge in [-0.15, -0.1) is 11.3 Å². The summed E-state index contributed by atoms with van der Waals surface area (Å²) in [6.45, 7) is 4.89. The lowest BCUT2D eigenvalue weighted by atomic mass is 10.0. The van der Waals surface area contributed by atoms with Crippen LogP contribution >= 0.6 is 34.7 Å². The fraction of sp³-hybridized carbons (Fsp3) is 0.306. The number of thiazole rings is 1. The third-order valence-electron chi connectivity index (χ3n) is 8.24. The highest BCUT2D eigenvalue weighted by Gasteiger charge is 2.31. The van der Waals surface area contributed by atoms with Crippen molar-refractivity contribution in [2.45, 2.75) is 49.7 Å². The van der Waals surface area contributed by atoms with Crippen LogP contribution in [0, 0.1) is 11.6 Å². The van der Waals surface area contributed by atoms with E-state index >= 15 is 0 Å². The van der Waals surface area contributed by atoms with Crippen LogP contribution in [0.15, 0.2) is 63.7 Å². The van der Waals surface area contributed by atoms with E-state index in [0.717, 1.165) is 40.1 Å². The summed E-state index contributed by atoms with van der Waals surface area (Å²) in [5.41, 5.74) is -0.219. The van der Waals surface area contributed by atoms with Crippen molar-refractivity contribution in [2.24, 2.45) is 7.05 Å². The average molecular weight is 832 g/mol. The number of alkyl carbamates (subject to hydrolysis) is 1. The molecule has 0 aliphatic rings. The molecule has 0 fully saturated rings. The van der Waals surface area contributed by atoms with E-state index in [2.05, 4.69) is 15.4 Å². The van der Waals surface area contributed by atoms with Crippen molar-refractivity contribution in [1.29, 1.82) is 0 Å². The summed E-state index contributed by atoms with van der Waals surface area (Å²) in [7, 11) is -0.885. The number of benzene rings is 3. The number of halogens is 3. The quantitative estimate of drug-likeness (QED) is 0.133. The van der Waals surface area contributed by atoms with Crippen LogP contribution in [0.5, 0.6) is 5.75 Å². The van der Waals surface area contributed by atoms with Crippen LogP contribution < -0.4 is 19.9 Å². The van der Waals surface area contributed by atoms with E-state index in [4.69, 9.17) is 26.1 Å². The van der Waals surface area contributed by atoms with Crippen LogP contribution in [-0.2, 0) is 34.8 Å². The topological polar surface area (TPSA) is 151 Å². The number of nitrogens with zero attached hydrogens (tertiary/aromatic N) is 6. The number of nitrogens with one attached hydrogen (secondary N) is 1. The van der Waals surface area contributed by atoms with Crippen molar-refractivity contribution in [3.8, 4) is 11.4 Å². The number of fused-ring (bicyclic) bond motifs is 2. The van der Waals surface area contributed by atoms with E-state index < -0.39 is 45.0 Å². The number of methoxy groups -OCH3 is 1. The van der Waals surface area contributed by atoms with Crippen LogP contribution in [0.3, 0.4) is 0 Å². The Morgan fingerprint density at radius 1 is 1.07 bits per heavy atom. The summed E-state index contributed by atoms with van der Waals surface area (Å²) in [5.74, 6) is -1.17. The Bertz CT molecular complexity index is 2590. The number of aromatic nitrogens is 5. The molecular weight excluding hydrogens is 796 g/mol. The van der Waals surface area contributed by atoms with Crippen molar-refractivity contribution in [3.05, 3.63) is 98.6 Å². The Kier molecular flexibility index (Phi) is 11.2. The number of hydrogen-bond acceptors (Lipinski definition) is 11. The number of carbonyl (C=O) groups excluding carboxylic acids is 1. The van der Waals surface area contributed by atoms with Gasteiger partial charge in [0.05, 0.1) is 47.6 Å². The van der Waals surface area contributed by atoms with Gasteiger partial charge in [-0.05, 0) is 74.6 Å². The Labute approximate surface area is 328 Å². The number of thioether (sulfide) groups is 1. The lowest BCUT2D eigenvalue weighted by molar-refractivity contribution is 0.0500. The molecule has 3 aromatic carbocycles. The van der Waals surface area contributed by atoms with E-state index in [1.165, 1.54) is 34.2 Å². The number of rotatable bonds is 11. The smallest absolute Gasteiger partial charge is 0.408 e. The number of ether oxygens (including phenoxy) is 2. The minimum atomic E-state index is -3.98. The lowest BCUT2D eigenvalue weighted by Crippen LogP contribution is -2.39. The fourth-order valence-corrected chi connectivity index (χ4v) is 8.48. The SMILES string of the molecule is COc1ccc(CN(c2nn(C)c3c(-n4c([C@H](Cc5cc(F)cc(F)c5)NC(=O)OC(C)(C)C)nc5nc(SC)sc5c4=O)ccc(Cl)c23)S(C)(=O)=O)cc1. The molecule has 1 atom stereocenters. The zero-order valence-electron chi connectivity index (χ0n) is 30.7. The number of aryl methyl sites for hydroxylation is 1. The van der Waals surface area contributed by atoms with E-state index in [9.17, 15) is 26.8 Å². The minimum Gasteiger partial charge on any atom is -0.497 e. The number of amides is 1. The number of carbonyl (C=O) groups is 1. The van der Waals surface area contributed by atoms with E-state index in [1.807, 2.05) is 0 Å². The molecule has 0 unspecified atom stereocenters. The Hall–Kier alpha value is -4.78. The zero-order chi connectivity index (χ0) is 40.0. The molecule has 3 aromatic heterocycles. The molecule has 55 heavy (non-hydrogen) atoms. The van der Waals surface area contributed by atoms with Crippen molar-refractivity contribution < 1.29 is 31.5 Å². The summed E-state index contributed by atoms with van der Waals surface area (Å²) < 4.78 is 71.1. The highest BCUT2D eigenvalue weighted by molar-refractivity contribution is 8.00. The molecule has 1 amide bonds. The number of anilines is 1. The first-order valence-electron chi connectivity index (χ1n) is 16.5. The summed E-state index contributed by atoms with van der Waals surface area (Å²) in [4.78, 5) is 37.4. The Balaban J connectivity index is 1.62. The van der Waals surface area contributed by atoms with Crippen molar-refractivity contribution in [1.82, 2.24) is 29.6 Å². The molecule has 290 valence electrons. The highest BCUT2D eigenvalue weighted by atomic mass is 35.5. The molecule has 0 saturated carbocycles. The normalized spacial score (nSPS) is 12.6. The summed E-state index contributed by atoms with van der Waals surface area (Å²) in [6, 6.07) is 11.6. The Morgan fingerprint density at radius 2 is 1.75 bits per heavy atom. The van der Waals surface area contributed by atoms with Crippen LogP contribution in [0.4, 0.5) is 19.4 Å². The second-order valence-corrected chi connectivity index (χ2v) is 17.8. The highest BCUT2D eigenvalue weighted by Crippen LogP contribution is 2.38. The van der Waals surface area contributed by atoms with Crippen molar-refractivity contribution >= 4 is 77.9 Å². The predicted molar refractivity (Wildman–Crippen MR) is 210 cm³/mol. The molecule has 0 bridgehead atoms. The first-order valence-corrected chi connectivity index (χ1v) is 20.8. The number of sulfonamides is 1. The van der Waals surface area contributed by atoms with E-state index in [-0.39, 0.29) is 62.1 Å². The molecule has 0 radical (unpaired) electrons. The second kappa shape index (κ2) is 15.4. The van der Waals surface area contributed by atoms with Gasteiger partial charge in [-0.25, -0.2) is 36.3 Å². The largest absolute Gasteiger partial charge is 0.497 e. The monoisotopic (exact) mass is 831 g/mol. The van der Waals surface area contributed by atoms with Gasteiger partial charge in [0.1, 0.15) is 33.5 Å². The van der Waals surface area contributed by atoms with Crippen LogP contribution in [0.1, 0.15) is 43.8 Å². The van der Waals surface area contributed by atoms with Gasteiger partial charge in [-0.2, -0.15) is 5.10 Å². The van der Waals surface area contributed by atoms with Crippen molar-refractivity contribution in [3.63, 3.8) is 0 Å². The molecule has 0 aliphatic carbocycles. The second-order valence-electron chi connectivity index (χ2n) is 13.5. The van der Waals surface area contributed by atoms with Gasteiger partial charge in [-0.3, -0.25) is 14.0 Å². The summed E-state index contributed by atoms with van der Waals surface area (Å²) >= 11 is 9.27.